The van der Waals surface area contributed by atoms with Gasteiger partial charge in [0.25, 0.3) is 0 Å². The molecule has 238 valence electrons. The van der Waals surface area contributed by atoms with Crippen LogP contribution in [0.3, 0.4) is 0 Å². The third-order valence-electron chi connectivity index (χ3n) is 10.1. The van der Waals surface area contributed by atoms with E-state index in [0.29, 0.717) is 5.56 Å². The van der Waals surface area contributed by atoms with Crippen LogP contribution in [0.25, 0.3) is 76.1 Å². The molecule has 0 atom stereocenters. The number of hydrogen-bond acceptors (Lipinski definition) is 1. The third kappa shape index (κ3) is 4.94. The van der Waals surface area contributed by atoms with Crippen molar-refractivity contribution in [1.82, 2.24) is 0 Å². The Balaban J connectivity index is 1.17. The van der Waals surface area contributed by atoms with E-state index in [1.165, 1.54) is 16.2 Å². The van der Waals surface area contributed by atoms with Crippen LogP contribution in [-0.4, -0.2) is 0 Å². The van der Waals surface area contributed by atoms with E-state index < -0.39 is 0 Å². The van der Waals surface area contributed by atoms with Gasteiger partial charge in [0.2, 0.25) is 0 Å². The molecule has 0 radical (unpaired) electrons. The van der Waals surface area contributed by atoms with Crippen molar-refractivity contribution in [2.45, 2.75) is 0 Å². The van der Waals surface area contributed by atoms with Gasteiger partial charge in [-0.1, -0.05) is 152 Å². The van der Waals surface area contributed by atoms with Gasteiger partial charge in [0.1, 0.15) is 0 Å². The van der Waals surface area contributed by atoms with Crippen LogP contribution < -0.4 is 4.90 Å². The maximum absolute atomic E-state index is 9.54. The predicted octanol–water partition coefficient (Wildman–Crippen LogP) is 14.3. The lowest BCUT2D eigenvalue weighted by Gasteiger charge is -2.26. The topological polar surface area (TPSA) is 3.24 Å². The van der Waals surface area contributed by atoms with Crippen molar-refractivity contribution < 1.29 is 5.48 Å². The first kappa shape index (κ1) is 25.3. The van der Waals surface area contributed by atoms with E-state index in [1.54, 1.807) is 0 Å². The van der Waals surface area contributed by atoms with Gasteiger partial charge in [0, 0.05) is 17.1 Å². The molecule has 0 heterocycles. The van der Waals surface area contributed by atoms with Crippen molar-refractivity contribution in [3.63, 3.8) is 0 Å². The highest BCUT2D eigenvalue weighted by atomic mass is 15.1. The summed E-state index contributed by atoms with van der Waals surface area (Å²) in [6.07, 6.45) is 0. The van der Waals surface area contributed by atoms with Gasteiger partial charge < -0.3 is 4.90 Å². The largest absolute Gasteiger partial charge is 0.310 e. The van der Waals surface area contributed by atoms with Crippen molar-refractivity contribution in [3.05, 3.63) is 200 Å². The summed E-state index contributed by atoms with van der Waals surface area (Å²) >= 11 is 0. The molecule has 0 N–H and O–H groups in total. The molecule has 0 bridgehead atoms. The molecule has 0 aliphatic heterocycles. The number of hydrogen-bond donors (Lipinski definition) is 0. The van der Waals surface area contributed by atoms with Gasteiger partial charge in [-0.3, -0.25) is 0 Å². The van der Waals surface area contributed by atoms with Crippen LogP contribution in [-0.2, 0) is 0 Å². The first-order valence-electron chi connectivity index (χ1n) is 19.3. The van der Waals surface area contributed by atoms with Gasteiger partial charge in [-0.25, -0.2) is 0 Å². The maximum Gasteiger partial charge on any atom is 0.0645 e. The highest BCUT2D eigenvalue weighted by Crippen LogP contribution is 2.41. The monoisotopic (exact) mass is 651 g/mol. The normalized spacial score (nSPS) is 12.6. The Morgan fingerprint density at radius 1 is 0.294 bits per heavy atom. The molecule has 0 aliphatic carbocycles. The Morgan fingerprint density at radius 2 is 0.824 bits per heavy atom. The lowest BCUT2D eigenvalue weighted by Crippen LogP contribution is -2.09. The SMILES string of the molecule is [2H]c1c([2H])c(N(c2ccccc2)c2cccc(-c3cc4ccccc4c4ccccc34)c2)c([2H])c([2H])c1-c1ccc2c3ccccc3c3ccccc3c2c1. The number of rotatable bonds is 5. The smallest absolute Gasteiger partial charge is 0.0645 e. The van der Waals surface area contributed by atoms with Crippen LogP contribution in [0, 0.1) is 0 Å². The first-order chi connectivity index (χ1) is 27.0. The fraction of sp³-hybridized carbons (Fsp3) is 0. The number of benzene rings is 10. The van der Waals surface area contributed by atoms with Crippen LogP contribution in [0.1, 0.15) is 5.48 Å². The summed E-state index contributed by atoms with van der Waals surface area (Å²) in [6.45, 7) is 0. The molecule has 10 rings (SSSR count). The van der Waals surface area contributed by atoms with Gasteiger partial charge in [-0.15, -0.1) is 0 Å². The van der Waals surface area contributed by atoms with Crippen molar-refractivity contribution in [2.75, 3.05) is 4.90 Å². The molecule has 10 aromatic carbocycles. The van der Waals surface area contributed by atoms with Crippen molar-refractivity contribution >= 4 is 70.9 Å². The Hall–Kier alpha value is -6.70. The molecule has 0 fully saturated rings. The second-order valence-corrected chi connectivity index (χ2v) is 13.0. The standard InChI is InChI=1S/C50H33N/c1-2-15-38(16-3-1)51(40-17-12-14-36(31-40)49-33-37-13-4-5-18-41(37)42-19-6-10-23-46(42)49)39-28-25-34(26-29-39)35-27-30-48-45-22-8-7-20-43(45)44-21-9-11-24-47(44)50(48)32-35/h1-33H/i25D,26D,28D,29D. The zero-order valence-electron chi connectivity index (χ0n) is 31.7. The van der Waals surface area contributed by atoms with Crippen LogP contribution in [0.5, 0.6) is 0 Å². The van der Waals surface area contributed by atoms with Crippen LogP contribution >= 0.6 is 0 Å². The summed E-state index contributed by atoms with van der Waals surface area (Å²) in [6, 6.07) is 59.2. The molecular weight excluding hydrogens is 615 g/mol. The highest BCUT2D eigenvalue weighted by molar-refractivity contribution is 6.25. The lowest BCUT2D eigenvalue weighted by molar-refractivity contribution is 1.28. The average Bonchev–Trinajstić information content (AvgIpc) is 3.24. The minimum absolute atomic E-state index is 0.0851. The Morgan fingerprint density at radius 3 is 1.51 bits per heavy atom. The second kappa shape index (κ2) is 12.0. The zero-order valence-corrected chi connectivity index (χ0v) is 27.7. The van der Waals surface area contributed by atoms with E-state index in [-0.39, 0.29) is 35.4 Å². The predicted molar refractivity (Wildman–Crippen MR) is 220 cm³/mol. The van der Waals surface area contributed by atoms with Gasteiger partial charge in [-0.2, -0.15) is 0 Å². The van der Waals surface area contributed by atoms with Gasteiger partial charge in [0.15, 0.2) is 0 Å². The van der Waals surface area contributed by atoms with Crippen LogP contribution in [0.4, 0.5) is 17.1 Å². The van der Waals surface area contributed by atoms with Gasteiger partial charge in [-0.05, 0) is 125 Å². The fourth-order valence-electron chi connectivity index (χ4n) is 7.72. The van der Waals surface area contributed by atoms with E-state index in [1.807, 2.05) is 77.7 Å². The summed E-state index contributed by atoms with van der Waals surface area (Å²) in [5.74, 6) is 0. The van der Waals surface area contributed by atoms with Crippen LogP contribution in [0.15, 0.2) is 200 Å². The fourth-order valence-corrected chi connectivity index (χ4v) is 7.72. The summed E-state index contributed by atoms with van der Waals surface area (Å²) in [5, 5.41) is 11.3. The molecule has 10 aromatic rings. The Bertz CT molecular complexity index is 3090. The van der Waals surface area contributed by atoms with E-state index in [0.717, 1.165) is 60.2 Å². The number of fused-ring (bicyclic) bond motifs is 9. The molecule has 1 heteroatoms. The first-order valence-corrected chi connectivity index (χ1v) is 17.3. The Labute approximate surface area is 302 Å². The quantitative estimate of drug-likeness (QED) is 0.167. The molecule has 1 nitrogen and oxygen atoms in total. The minimum Gasteiger partial charge on any atom is -0.310 e. The second-order valence-electron chi connectivity index (χ2n) is 13.0. The number of nitrogens with zero attached hydrogens (tertiary/aromatic N) is 1. The molecule has 51 heavy (non-hydrogen) atoms. The van der Waals surface area contributed by atoms with Crippen LogP contribution in [0.2, 0.25) is 0 Å². The van der Waals surface area contributed by atoms with E-state index >= 15 is 0 Å². The summed E-state index contributed by atoms with van der Waals surface area (Å²) in [5.41, 5.74) is 4.66. The number of para-hydroxylation sites is 1. The van der Waals surface area contributed by atoms with Crippen molar-refractivity contribution in [3.8, 4) is 22.3 Å². The van der Waals surface area contributed by atoms with Crippen molar-refractivity contribution in [2.24, 2.45) is 0 Å². The summed E-state index contributed by atoms with van der Waals surface area (Å²) in [7, 11) is 0. The lowest BCUT2D eigenvalue weighted by atomic mass is 9.92. The number of anilines is 3. The molecule has 0 amide bonds. The minimum atomic E-state index is -0.107. The third-order valence-corrected chi connectivity index (χ3v) is 10.1. The molecule has 0 saturated heterocycles. The maximum atomic E-state index is 9.54. The van der Waals surface area contributed by atoms with Gasteiger partial charge >= 0.3 is 0 Å². The Kier molecular flexibility index (Phi) is 5.96. The summed E-state index contributed by atoms with van der Waals surface area (Å²) in [4.78, 5) is 1.86. The van der Waals surface area contributed by atoms with E-state index in [2.05, 4.69) is 103 Å². The molecule has 0 unspecified atom stereocenters. The molecule has 0 spiro atoms. The average molecular weight is 652 g/mol. The van der Waals surface area contributed by atoms with Gasteiger partial charge in [0.05, 0.1) is 5.48 Å². The van der Waals surface area contributed by atoms with E-state index in [9.17, 15) is 5.48 Å². The zero-order chi connectivity index (χ0) is 37.2. The van der Waals surface area contributed by atoms with E-state index in [4.69, 9.17) is 0 Å². The molecule has 0 saturated carbocycles. The molecular formula is C50H33N. The molecule has 0 aliphatic rings. The van der Waals surface area contributed by atoms with Crippen molar-refractivity contribution in [1.29, 1.82) is 0 Å². The summed E-state index contributed by atoms with van der Waals surface area (Å²) < 4.78 is 38.0. The molecule has 0 aromatic heterocycles. The highest BCUT2D eigenvalue weighted by Gasteiger charge is 2.16.